The zero-order valence-corrected chi connectivity index (χ0v) is 44.2. The number of carbonyl (C=O) groups excluding carboxylic acids is 3. The summed E-state index contributed by atoms with van der Waals surface area (Å²) in [4.78, 5) is 38.1. The van der Waals surface area contributed by atoms with E-state index in [2.05, 4.69) is 93.7 Å². The van der Waals surface area contributed by atoms with E-state index in [-0.39, 0.29) is 31.1 Å². The van der Waals surface area contributed by atoms with E-state index < -0.39 is 6.10 Å². The predicted octanol–water partition coefficient (Wildman–Crippen LogP) is 19.0. The van der Waals surface area contributed by atoms with Crippen LogP contribution in [0.4, 0.5) is 0 Å². The summed E-state index contributed by atoms with van der Waals surface area (Å²) in [6, 6.07) is 0. The second-order valence-electron chi connectivity index (χ2n) is 18.9. The minimum atomic E-state index is -0.790. The summed E-state index contributed by atoms with van der Waals surface area (Å²) in [5, 5.41) is 0. The number of ether oxygens (including phenoxy) is 3. The van der Waals surface area contributed by atoms with Crippen molar-refractivity contribution in [3.8, 4) is 0 Å². The number of unbranched alkanes of at least 4 members (excludes halogenated alkanes) is 30. The van der Waals surface area contributed by atoms with E-state index >= 15 is 0 Å². The normalized spacial score (nSPS) is 12.6. The van der Waals surface area contributed by atoms with Crippen molar-refractivity contribution in [2.75, 3.05) is 13.2 Å². The topological polar surface area (TPSA) is 78.9 Å². The lowest BCUT2D eigenvalue weighted by atomic mass is 10.0. The Kier molecular flexibility index (Phi) is 52.8. The van der Waals surface area contributed by atoms with Crippen molar-refractivity contribution >= 4 is 17.9 Å². The van der Waals surface area contributed by atoms with Crippen LogP contribution in [0.1, 0.15) is 278 Å². The van der Waals surface area contributed by atoms with E-state index in [0.29, 0.717) is 19.3 Å². The van der Waals surface area contributed by atoms with Crippen molar-refractivity contribution < 1.29 is 28.6 Å². The molecule has 0 aliphatic rings. The summed E-state index contributed by atoms with van der Waals surface area (Å²) < 4.78 is 16.8. The highest BCUT2D eigenvalue weighted by molar-refractivity contribution is 5.71. The van der Waals surface area contributed by atoms with Gasteiger partial charge in [0.1, 0.15) is 13.2 Å². The molecule has 0 fully saturated rings. The minimum Gasteiger partial charge on any atom is -0.462 e. The Morgan fingerprint density at radius 1 is 0.328 bits per heavy atom. The quantitative estimate of drug-likeness (QED) is 0.0199. The molecule has 0 saturated heterocycles. The molecule has 0 amide bonds. The van der Waals surface area contributed by atoms with Gasteiger partial charge >= 0.3 is 17.9 Å². The fourth-order valence-electron chi connectivity index (χ4n) is 7.99. The first-order chi connectivity index (χ1) is 33.0. The molecular formula is C61H106O6. The molecule has 0 radical (unpaired) electrons. The Hall–Kier alpha value is -3.15. The Bertz CT molecular complexity index is 1260. The molecule has 0 rings (SSSR count). The van der Waals surface area contributed by atoms with Crippen LogP contribution in [0.15, 0.2) is 72.9 Å². The summed E-state index contributed by atoms with van der Waals surface area (Å²) in [6.45, 7) is 6.51. The lowest BCUT2D eigenvalue weighted by molar-refractivity contribution is -0.167. The summed E-state index contributed by atoms with van der Waals surface area (Å²) in [6.07, 6.45) is 70.3. The molecule has 0 heterocycles. The fourth-order valence-corrected chi connectivity index (χ4v) is 7.99. The first-order valence-corrected chi connectivity index (χ1v) is 28.5. The van der Waals surface area contributed by atoms with Gasteiger partial charge in [-0.3, -0.25) is 14.4 Å². The van der Waals surface area contributed by atoms with Crippen molar-refractivity contribution in [3.05, 3.63) is 72.9 Å². The molecule has 0 bridgehead atoms. The Morgan fingerprint density at radius 2 is 0.642 bits per heavy atom. The first kappa shape index (κ1) is 63.8. The van der Waals surface area contributed by atoms with Gasteiger partial charge < -0.3 is 14.2 Å². The highest BCUT2D eigenvalue weighted by atomic mass is 16.6. The number of allylic oxidation sites excluding steroid dienone is 12. The average Bonchev–Trinajstić information content (AvgIpc) is 3.33. The molecule has 0 aliphatic heterocycles. The van der Waals surface area contributed by atoms with E-state index in [9.17, 15) is 14.4 Å². The van der Waals surface area contributed by atoms with Crippen LogP contribution in [-0.2, 0) is 28.6 Å². The summed E-state index contributed by atoms with van der Waals surface area (Å²) in [5.74, 6) is -0.910. The van der Waals surface area contributed by atoms with Gasteiger partial charge in [0.15, 0.2) is 6.10 Å². The molecule has 1 atom stereocenters. The van der Waals surface area contributed by atoms with E-state index in [1.54, 1.807) is 0 Å². The van der Waals surface area contributed by atoms with Gasteiger partial charge in [-0.1, -0.05) is 254 Å². The maximum Gasteiger partial charge on any atom is 0.306 e. The summed E-state index contributed by atoms with van der Waals surface area (Å²) in [7, 11) is 0. The zero-order valence-electron chi connectivity index (χ0n) is 44.2. The third-order valence-corrected chi connectivity index (χ3v) is 12.3. The smallest absolute Gasteiger partial charge is 0.306 e. The van der Waals surface area contributed by atoms with Crippen molar-refractivity contribution in [1.82, 2.24) is 0 Å². The van der Waals surface area contributed by atoms with Crippen LogP contribution in [0.5, 0.6) is 0 Å². The van der Waals surface area contributed by atoms with Gasteiger partial charge in [0.05, 0.1) is 0 Å². The van der Waals surface area contributed by atoms with Crippen LogP contribution < -0.4 is 0 Å². The molecule has 0 spiro atoms. The molecule has 0 N–H and O–H groups in total. The fraction of sp³-hybridized carbons (Fsp3) is 0.754. The Labute approximate surface area is 414 Å². The van der Waals surface area contributed by atoms with Crippen molar-refractivity contribution in [1.29, 1.82) is 0 Å². The van der Waals surface area contributed by atoms with E-state index in [1.807, 2.05) is 0 Å². The predicted molar refractivity (Wildman–Crippen MR) is 288 cm³/mol. The van der Waals surface area contributed by atoms with E-state index in [0.717, 1.165) is 109 Å². The molecule has 6 nitrogen and oxygen atoms in total. The maximum atomic E-state index is 12.8. The van der Waals surface area contributed by atoms with Crippen molar-refractivity contribution in [2.45, 2.75) is 284 Å². The average molecular weight is 936 g/mol. The van der Waals surface area contributed by atoms with Gasteiger partial charge in [-0.15, -0.1) is 0 Å². The van der Waals surface area contributed by atoms with Gasteiger partial charge in [-0.2, -0.15) is 0 Å². The maximum absolute atomic E-state index is 12.8. The third-order valence-electron chi connectivity index (χ3n) is 12.3. The van der Waals surface area contributed by atoms with E-state index in [4.69, 9.17) is 14.2 Å². The number of hydrogen-bond acceptors (Lipinski definition) is 6. The molecular weight excluding hydrogens is 829 g/mol. The second-order valence-corrected chi connectivity index (χ2v) is 18.9. The summed E-state index contributed by atoms with van der Waals surface area (Å²) >= 11 is 0. The largest absolute Gasteiger partial charge is 0.462 e. The van der Waals surface area contributed by atoms with Gasteiger partial charge in [-0.05, 0) is 77.0 Å². The molecule has 0 saturated carbocycles. The second kappa shape index (κ2) is 55.4. The van der Waals surface area contributed by atoms with Crippen molar-refractivity contribution in [2.24, 2.45) is 0 Å². The molecule has 0 aromatic carbocycles. The molecule has 0 aliphatic carbocycles. The molecule has 0 aromatic rings. The van der Waals surface area contributed by atoms with Crippen LogP contribution in [-0.4, -0.2) is 37.2 Å². The van der Waals surface area contributed by atoms with Crippen LogP contribution in [0.25, 0.3) is 0 Å². The number of carbonyl (C=O) groups is 3. The molecule has 0 aromatic heterocycles. The molecule has 386 valence electrons. The Morgan fingerprint density at radius 3 is 1.03 bits per heavy atom. The minimum absolute atomic E-state index is 0.0856. The van der Waals surface area contributed by atoms with Gasteiger partial charge in [0.2, 0.25) is 0 Å². The lowest BCUT2D eigenvalue weighted by Crippen LogP contribution is -2.30. The molecule has 6 heteroatoms. The number of esters is 3. The summed E-state index contributed by atoms with van der Waals surface area (Å²) in [5.41, 5.74) is 0. The highest BCUT2D eigenvalue weighted by Gasteiger charge is 2.19. The monoisotopic (exact) mass is 935 g/mol. The SMILES string of the molecule is CC/C=C\C/C=C\C/C=C\CCCCCCCCC(=O)OC(COC(=O)CCCCCCC\C=C/C=C\C=C/CCCCCCC)COC(=O)CCCCCCCCCCCCCCCCC. The van der Waals surface area contributed by atoms with Gasteiger partial charge in [0.25, 0.3) is 0 Å². The lowest BCUT2D eigenvalue weighted by Gasteiger charge is -2.18. The van der Waals surface area contributed by atoms with Crippen LogP contribution in [0.2, 0.25) is 0 Å². The molecule has 1 unspecified atom stereocenters. The first-order valence-electron chi connectivity index (χ1n) is 28.5. The van der Waals surface area contributed by atoms with E-state index in [1.165, 1.54) is 128 Å². The van der Waals surface area contributed by atoms with Crippen molar-refractivity contribution in [3.63, 3.8) is 0 Å². The van der Waals surface area contributed by atoms with Gasteiger partial charge in [0, 0.05) is 19.3 Å². The van der Waals surface area contributed by atoms with Crippen LogP contribution >= 0.6 is 0 Å². The van der Waals surface area contributed by atoms with Crippen LogP contribution in [0, 0.1) is 0 Å². The van der Waals surface area contributed by atoms with Gasteiger partial charge in [-0.25, -0.2) is 0 Å². The standard InChI is InChI=1S/C61H106O6/c1-4-7-10-13-16-19-22-25-28-30-31-34-36-39-42-45-48-51-54-60(63)66-57-58(56-65-59(62)53-50-47-44-41-38-35-32-27-24-21-18-15-12-9-6-3)67-61(64)55-52-49-46-43-40-37-33-29-26-23-20-17-14-11-8-5-2/h8,11,17,20,22,25-26,28-31,34,58H,4-7,9-10,12-16,18-19,21,23-24,27,32-33,35-57H2,1-3H3/b11-8-,20-17-,25-22-,29-26-,30-28-,34-31-. The highest BCUT2D eigenvalue weighted by Crippen LogP contribution is 2.16. The zero-order chi connectivity index (χ0) is 48.6. The number of hydrogen-bond donors (Lipinski definition) is 0. The molecule has 67 heavy (non-hydrogen) atoms. The third kappa shape index (κ3) is 53.7. The number of rotatable bonds is 51. The van der Waals surface area contributed by atoms with Crippen LogP contribution in [0.3, 0.4) is 0 Å². The Balaban J connectivity index is 4.43.